The Kier molecular flexibility index (Phi) is 6.61. The topological polar surface area (TPSA) is 75.7 Å². The second-order valence-corrected chi connectivity index (χ2v) is 9.70. The minimum absolute atomic E-state index is 0.0712. The standard InChI is InChI=1S/C20H23IN2O4S/c1-3-16-5-4-12-23(16)28(25,26)17-9-7-15(8-10-17)22-20(24)14-6-11-19(27-2)18(21)13-14/h6-11,13,16H,3-5,12H2,1-2H3,(H,22,24)/t16-/m0/s1. The van der Waals surface area contributed by atoms with E-state index in [1.165, 1.54) is 0 Å². The zero-order valence-electron chi connectivity index (χ0n) is 15.8. The van der Waals surface area contributed by atoms with Crippen molar-refractivity contribution in [3.63, 3.8) is 0 Å². The van der Waals surface area contributed by atoms with E-state index in [4.69, 9.17) is 4.74 Å². The van der Waals surface area contributed by atoms with Crippen molar-refractivity contribution in [1.82, 2.24) is 4.31 Å². The van der Waals surface area contributed by atoms with Crippen molar-refractivity contribution in [1.29, 1.82) is 0 Å². The maximum absolute atomic E-state index is 12.9. The molecule has 0 spiro atoms. The van der Waals surface area contributed by atoms with Crippen molar-refractivity contribution >= 4 is 44.2 Å². The molecule has 2 aromatic carbocycles. The van der Waals surface area contributed by atoms with Crippen LogP contribution >= 0.6 is 22.6 Å². The lowest BCUT2D eigenvalue weighted by Gasteiger charge is -2.23. The van der Waals surface area contributed by atoms with Gasteiger partial charge in [-0.2, -0.15) is 4.31 Å². The third-order valence-corrected chi connectivity index (χ3v) is 7.74. The average molecular weight is 514 g/mol. The molecule has 0 radical (unpaired) electrons. The van der Waals surface area contributed by atoms with Crippen LogP contribution in [0.4, 0.5) is 5.69 Å². The van der Waals surface area contributed by atoms with Gasteiger partial charge in [-0.25, -0.2) is 8.42 Å². The Labute approximate surface area is 179 Å². The van der Waals surface area contributed by atoms with E-state index < -0.39 is 10.0 Å². The number of halogens is 1. The fourth-order valence-corrected chi connectivity index (χ4v) is 5.89. The molecule has 3 rings (SSSR count). The Morgan fingerprint density at radius 3 is 2.57 bits per heavy atom. The number of sulfonamides is 1. The van der Waals surface area contributed by atoms with Crippen LogP contribution in [0.2, 0.25) is 0 Å². The maximum Gasteiger partial charge on any atom is 0.255 e. The summed E-state index contributed by atoms with van der Waals surface area (Å²) in [6, 6.07) is 11.6. The van der Waals surface area contributed by atoms with Crippen LogP contribution < -0.4 is 10.1 Å². The highest BCUT2D eigenvalue weighted by Crippen LogP contribution is 2.28. The van der Waals surface area contributed by atoms with Gasteiger partial charge in [0.2, 0.25) is 10.0 Å². The summed E-state index contributed by atoms with van der Waals surface area (Å²) in [5, 5.41) is 2.80. The molecule has 8 heteroatoms. The summed E-state index contributed by atoms with van der Waals surface area (Å²) in [4.78, 5) is 12.7. The van der Waals surface area contributed by atoms with Crippen molar-refractivity contribution in [2.24, 2.45) is 0 Å². The highest BCUT2D eigenvalue weighted by molar-refractivity contribution is 14.1. The third-order valence-electron chi connectivity index (χ3n) is 4.93. The molecule has 1 saturated heterocycles. The normalized spacial score (nSPS) is 17.5. The molecule has 0 aromatic heterocycles. The van der Waals surface area contributed by atoms with Crippen molar-refractivity contribution in [2.75, 3.05) is 19.0 Å². The van der Waals surface area contributed by atoms with Gasteiger partial charge in [-0.15, -0.1) is 0 Å². The smallest absolute Gasteiger partial charge is 0.255 e. The number of ether oxygens (including phenoxy) is 1. The van der Waals surface area contributed by atoms with E-state index in [0.29, 0.717) is 23.5 Å². The maximum atomic E-state index is 12.9. The largest absolute Gasteiger partial charge is 0.496 e. The predicted molar refractivity (Wildman–Crippen MR) is 117 cm³/mol. The number of hydrogen-bond donors (Lipinski definition) is 1. The van der Waals surface area contributed by atoms with E-state index in [2.05, 4.69) is 27.9 Å². The van der Waals surface area contributed by atoms with Gasteiger partial charge in [0.15, 0.2) is 0 Å². The van der Waals surface area contributed by atoms with Crippen molar-refractivity contribution in [3.05, 3.63) is 51.6 Å². The number of benzene rings is 2. The number of methoxy groups -OCH3 is 1. The lowest BCUT2D eigenvalue weighted by Crippen LogP contribution is -2.35. The van der Waals surface area contributed by atoms with Crippen LogP contribution in [0, 0.1) is 3.57 Å². The SMILES string of the molecule is CC[C@H]1CCCN1S(=O)(=O)c1ccc(NC(=O)c2ccc(OC)c(I)c2)cc1. The molecule has 0 aliphatic carbocycles. The first-order valence-electron chi connectivity index (χ1n) is 9.13. The second kappa shape index (κ2) is 8.79. The van der Waals surface area contributed by atoms with E-state index in [9.17, 15) is 13.2 Å². The van der Waals surface area contributed by atoms with Crippen molar-refractivity contribution in [2.45, 2.75) is 37.1 Å². The molecule has 1 aliphatic rings. The van der Waals surface area contributed by atoms with Gasteiger partial charge in [0.25, 0.3) is 5.91 Å². The van der Waals surface area contributed by atoms with Crippen LogP contribution in [0.15, 0.2) is 47.4 Å². The van der Waals surface area contributed by atoms with E-state index in [-0.39, 0.29) is 16.8 Å². The van der Waals surface area contributed by atoms with Crippen LogP contribution in [-0.2, 0) is 10.0 Å². The Hall–Kier alpha value is -1.65. The van der Waals surface area contributed by atoms with Gasteiger partial charge in [-0.1, -0.05) is 6.92 Å². The third kappa shape index (κ3) is 4.33. The molecule has 6 nitrogen and oxygen atoms in total. The number of amides is 1. The Morgan fingerprint density at radius 1 is 1.25 bits per heavy atom. The monoisotopic (exact) mass is 514 g/mol. The quantitative estimate of drug-likeness (QED) is 0.589. The van der Waals surface area contributed by atoms with Gasteiger partial charge < -0.3 is 10.1 Å². The molecule has 1 atom stereocenters. The molecule has 0 bridgehead atoms. The van der Waals surface area contributed by atoms with Gasteiger partial charge in [0, 0.05) is 23.8 Å². The summed E-state index contributed by atoms with van der Waals surface area (Å²) < 4.78 is 33.4. The molecule has 1 N–H and O–H groups in total. The molecule has 150 valence electrons. The van der Waals surface area contributed by atoms with E-state index in [1.807, 2.05) is 6.92 Å². The summed E-state index contributed by atoms with van der Waals surface area (Å²) >= 11 is 2.11. The Bertz CT molecular complexity index is 961. The highest BCUT2D eigenvalue weighted by atomic mass is 127. The first-order chi connectivity index (χ1) is 13.4. The first kappa shape index (κ1) is 21.1. The lowest BCUT2D eigenvalue weighted by molar-refractivity contribution is 0.102. The molecule has 2 aromatic rings. The van der Waals surface area contributed by atoms with Crippen LogP contribution in [0.25, 0.3) is 0 Å². The number of hydrogen-bond acceptors (Lipinski definition) is 4. The molecular formula is C20H23IN2O4S. The lowest BCUT2D eigenvalue weighted by atomic mass is 10.2. The molecule has 28 heavy (non-hydrogen) atoms. The minimum Gasteiger partial charge on any atom is -0.496 e. The number of rotatable bonds is 6. The van der Waals surface area contributed by atoms with Crippen LogP contribution in [-0.4, -0.2) is 38.3 Å². The van der Waals surface area contributed by atoms with Crippen molar-refractivity contribution in [3.8, 4) is 5.75 Å². The van der Waals surface area contributed by atoms with Crippen LogP contribution in [0.1, 0.15) is 36.5 Å². The highest BCUT2D eigenvalue weighted by Gasteiger charge is 2.34. The number of nitrogens with one attached hydrogen (secondary N) is 1. The molecule has 0 saturated carbocycles. The zero-order valence-corrected chi connectivity index (χ0v) is 18.8. The average Bonchev–Trinajstić information content (AvgIpc) is 3.18. The Balaban J connectivity index is 1.74. The molecular weight excluding hydrogens is 491 g/mol. The van der Waals surface area contributed by atoms with E-state index in [0.717, 1.165) is 22.8 Å². The number of carbonyl (C=O) groups is 1. The van der Waals surface area contributed by atoms with Gasteiger partial charge in [0.05, 0.1) is 15.6 Å². The van der Waals surface area contributed by atoms with Gasteiger partial charge >= 0.3 is 0 Å². The predicted octanol–water partition coefficient (Wildman–Crippen LogP) is 4.12. The molecule has 0 unspecified atom stereocenters. The van der Waals surface area contributed by atoms with Crippen LogP contribution in [0.5, 0.6) is 5.75 Å². The molecule has 1 amide bonds. The molecule has 1 aliphatic heterocycles. The summed E-state index contributed by atoms with van der Waals surface area (Å²) in [5.74, 6) is 0.445. The zero-order chi connectivity index (χ0) is 20.3. The summed E-state index contributed by atoms with van der Waals surface area (Å²) in [7, 11) is -1.92. The fraction of sp³-hybridized carbons (Fsp3) is 0.350. The minimum atomic E-state index is -3.50. The van der Waals surface area contributed by atoms with Gasteiger partial charge in [-0.05, 0) is 84.3 Å². The van der Waals surface area contributed by atoms with Gasteiger partial charge in [-0.3, -0.25) is 4.79 Å². The summed E-state index contributed by atoms with van der Waals surface area (Å²) in [5.41, 5.74) is 1.05. The molecule has 1 fully saturated rings. The van der Waals surface area contributed by atoms with E-state index in [1.54, 1.807) is 53.9 Å². The summed E-state index contributed by atoms with van der Waals surface area (Å²) in [6.45, 7) is 2.58. The fourth-order valence-electron chi connectivity index (χ4n) is 3.39. The number of nitrogens with zero attached hydrogens (tertiary/aromatic N) is 1. The Morgan fingerprint density at radius 2 is 1.96 bits per heavy atom. The van der Waals surface area contributed by atoms with E-state index >= 15 is 0 Å². The molecule has 1 heterocycles. The first-order valence-corrected chi connectivity index (χ1v) is 11.7. The van der Waals surface area contributed by atoms with Gasteiger partial charge in [0.1, 0.15) is 5.75 Å². The number of anilines is 1. The second-order valence-electron chi connectivity index (χ2n) is 6.65. The number of carbonyl (C=O) groups excluding carboxylic acids is 1. The van der Waals surface area contributed by atoms with Crippen molar-refractivity contribution < 1.29 is 17.9 Å². The van der Waals surface area contributed by atoms with Crippen LogP contribution in [0.3, 0.4) is 0 Å². The summed E-state index contributed by atoms with van der Waals surface area (Å²) in [6.07, 6.45) is 2.62.